The number of likely N-dealkylation sites (tertiary alicyclic amines) is 1. The van der Waals surface area contributed by atoms with Crippen LogP contribution in [-0.2, 0) is 4.57 Å². The van der Waals surface area contributed by atoms with Crippen molar-refractivity contribution in [2.24, 2.45) is 0 Å². The fraction of sp³-hybridized carbons (Fsp3) is 0.312. The molecule has 0 bridgehead atoms. The molecule has 0 saturated carbocycles. The van der Waals surface area contributed by atoms with Gasteiger partial charge in [-0.1, -0.05) is 29.0 Å². The predicted molar refractivity (Wildman–Crippen MR) is 102 cm³/mol. The van der Waals surface area contributed by atoms with E-state index in [-0.39, 0.29) is 36.8 Å². The molecule has 1 saturated heterocycles. The minimum Gasteiger partial charge on any atom is -0.337 e. The summed E-state index contributed by atoms with van der Waals surface area (Å²) in [6.07, 6.45) is 4.03. The van der Waals surface area contributed by atoms with E-state index in [4.69, 9.17) is 11.6 Å². The first kappa shape index (κ1) is 18.6. The molecule has 11 heteroatoms. The van der Waals surface area contributed by atoms with Crippen LogP contribution in [0.3, 0.4) is 0 Å². The summed E-state index contributed by atoms with van der Waals surface area (Å²) in [5, 5.41) is 4.53. The Morgan fingerprint density at radius 1 is 1.30 bits per heavy atom. The van der Waals surface area contributed by atoms with Gasteiger partial charge in [-0.3, -0.25) is 9.36 Å². The molecule has 0 spiro atoms. The van der Waals surface area contributed by atoms with Gasteiger partial charge in [-0.15, -0.1) is 0 Å². The number of piperidine rings is 1. The first-order chi connectivity index (χ1) is 12.8. The first-order valence-corrected chi connectivity index (χ1v) is 11.2. The van der Waals surface area contributed by atoms with Gasteiger partial charge in [0.25, 0.3) is 5.91 Å². The fourth-order valence-electron chi connectivity index (χ4n) is 3.22. The largest absolute Gasteiger partial charge is 0.337 e. The topological polar surface area (TPSA) is 108 Å². The lowest BCUT2D eigenvalue weighted by atomic mass is 10.1. The third-order valence-corrected chi connectivity index (χ3v) is 7.39. The van der Waals surface area contributed by atoms with Crippen LogP contribution in [0.4, 0.5) is 0 Å². The number of aromatic nitrogens is 3. The minimum absolute atomic E-state index is 0.264. The van der Waals surface area contributed by atoms with Crippen molar-refractivity contribution in [3.8, 4) is 11.3 Å². The molecule has 1 aliphatic heterocycles. The van der Waals surface area contributed by atoms with Crippen molar-refractivity contribution in [3.63, 3.8) is 0 Å². The molecule has 8 nitrogen and oxygen atoms in total. The molecule has 2 N–H and O–H groups in total. The van der Waals surface area contributed by atoms with Crippen molar-refractivity contribution in [2.75, 3.05) is 13.1 Å². The lowest BCUT2D eigenvalue weighted by Crippen LogP contribution is -2.40. The van der Waals surface area contributed by atoms with Gasteiger partial charge >= 0.3 is 7.60 Å². The molecule has 142 valence electrons. The maximum Gasteiger partial charge on any atom is 0.328 e. The lowest BCUT2D eigenvalue weighted by molar-refractivity contribution is 0.0720. The van der Waals surface area contributed by atoms with E-state index in [1.165, 1.54) is 0 Å². The molecule has 0 atom stereocenters. The van der Waals surface area contributed by atoms with Gasteiger partial charge in [0.1, 0.15) is 10.0 Å². The summed E-state index contributed by atoms with van der Waals surface area (Å²) in [5.74, 6) is -0.270. The van der Waals surface area contributed by atoms with Crippen LogP contribution in [0, 0.1) is 0 Å². The summed E-state index contributed by atoms with van der Waals surface area (Å²) in [6, 6.07) is 5.65. The maximum absolute atomic E-state index is 12.8. The van der Waals surface area contributed by atoms with Crippen molar-refractivity contribution < 1.29 is 19.1 Å². The third kappa shape index (κ3) is 3.53. The van der Waals surface area contributed by atoms with Crippen molar-refractivity contribution in [3.05, 3.63) is 39.9 Å². The Labute approximate surface area is 163 Å². The normalized spacial score (nSPS) is 16.2. The first-order valence-electron chi connectivity index (χ1n) is 8.28. The van der Waals surface area contributed by atoms with Crippen molar-refractivity contribution >= 4 is 42.0 Å². The number of rotatable bonds is 3. The molecular formula is C16H16ClN4O4PS. The van der Waals surface area contributed by atoms with E-state index in [9.17, 15) is 19.1 Å². The van der Waals surface area contributed by atoms with E-state index in [2.05, 4.69) is 10.1 Å². The zero-order chi connectivity index (χ0) is 19.2. The Hall–Kier alpha value is -1.77. The number of halogens is 1. The number of nitrogens with zero attached hydrogens (tertiary/aromatic N) is 4. The van der Waals surface area contributed by atoms with E-state index in [0.717, 1.165) is 22.4 Å². The second kappa shape index (κ2) is 7.00. The number of pyridine rings is 1. The minimum atomic E-state index is -4.11. The third-order valence-electron chi connectivity index (χ3n) is 4.68. The van der Waals surface area contributed by atoms with Crippen LogP contribution in [0.5, 0.6) is 0 Å². The number of hydrogen-bond acceptors (Lipinski definition) is 5. The SMILES string of the molecule is O=C(c1nc(-c2cnn3ccccc23)c(Cl)s1)N1CCC(P(=O)(O)O)CC1. The number of carbonyl (C=O) groups is 1. The molecule has 4 rings (SSSR count). The van der Waals surface area contributed by atoms with E-state index in [1.54, 1.807) is 15.6 Å². The molecule has 0 aliphatic carbocycles. The number of hydrogen-bond donors (Lipinski definition) is 2. The molecule has 0 aromatic carbocycles. The summed E-state index contributed by atoms with van der Waals surface area (Å²) in [7, 11) is -4.11. The Morgan fingerprint density at radius 3 is 2.74 bits per heavy atom. The Kier molecular flexibility index (Phi) is 4.82. The highest BCUT2D eigenvalue weighted by Crippen LogP contribution is 2.46. The van der Waals surface area contributed by atoms with Gasteiger partial charge in [0, 0.05) is 24.8 Å². The van der Waals surface area contributed by atoms with Crippen LogP contribution in [0.2, 0.25) is 4.34 Å². The van der Waals surface area contributed by atoms with Crippen LogP contribution in [-0.4, -0.2) is 53.9 Å². The summed E-state index contributed by atoms with van der Waals surface area (Å²) >= 11 is 7.45. The zero-order valence-corrected chi connectivity index (χ0v) is 16.5. The van der Waals surface area contributed by atoms with Crippen LogP contribution >= 0.6 is 30.5 Å². The van der Waals surface area contributed by atoms with Crippen LogP contribution < -0.4 is 0 Å². The summed E-state index contributed by atoms with van der Waals surface area (Å²) < 4.78 is 13.5. The molecule has 3 aromatic rings. The number of thiazole rings is 1. The monoisotopic (exact) mass is 426 g/mol. The molecule has 0 unspecified atom stereocenters. The molecule has 1 aliphatic rings. The predicted octanol–water partition coefficient (Wildman–Crippen LogP) is 2.89. The summed E-state index contributed by atoms with van der Waals surface area (Å²) in [6.45, 7) is 0.579. The number of carbonyl (C=O) groups excluding carboxylic acids is 1. The highest BCUT2D eigenvalue weighted by molar-refractivity contribution is 7.52. The Bertz CT molecular complexity index is 1050. The van der Waals surface area contributed by atoms with E-state index >= 15 is 0 Å². The average molecular weight is 427 g/mol. The van der Waals surface area contributed by atoms with Crippen molar-refractivity contribution in [1.82, 2.24) is 19.5 Å². The van der Waals surface area contributed by atoms with Crippen LogP contribution in [0.25, 0.3) is 16.8 Å². The van der Waals surface area contributed by atoms with Gasteiger partial charge in [0.15, 0.2) is 5.01 Å². The van der Waals surface area contributed by atoms with Gasteiger partial charge in [-0.05, 0) is 25.0 Å². The summed E-state index contributed by atoms with van der Waals surface area (Å²) in [4.78, 5) is 37.3. The second-order valence-electron chi connectivity index (χ2n) is 6.34. The van der Waals surface area contributed by atoms with Crippen molar-refractivity contribution in [1.29, 1.82) is 0 Å². The van der Waals surface area contributed by atoms with Gasteiger partial charge in [-0.2, -0.15) is 5.10 Å². The van der Waals surface area contributed by atoms with Gasteiger partial charge in [0.05, 0.1) is 17.4 Å². The maximum atomic E-state index is 12.8. The van der Waals surface area contributed by atoms with Crippen molar-refractivity contribution in [2.45, 2.75) is 18.5 Å². The zero-order valence-electron chi connectivity index (χ0n) is 14.0. The number of fused-ring (bicyclic) bond motifs is 1. The number of amides is 1. The Morgan fingerprint density at radius 2 is 2.04 bits per heavy atom. The average Bonchev–Trinajstić information content (AvgIpc) is 3.24. The Balaban J connectivity index is 1.57. The van der Waals surface area contributed by atoms with E-state index < -0.39 is 13.3 Å². The molecule has 3 aromatic heterocycles. The molecule has 4 heterocycles. The summed E-state index contributed by atoms with van der Waals surface area (Å²) in [5.41, 5.74) is 1.41. The molecule has 1 amide bonds. The smallest absolute Gasteiger partial charge is 0.328 e. The van der Waals surface area contributed by atoms with Gasteiger partial charge < -0.3 is 14.7 Å². The van der Waals surface area contributed by atoms with E-state index in [0.29, 0.717) is 10.0 Å². The lowest BCUT2D eigenvalue weighted by Gasteiger charge is -2.31. The fourth-order valence-corrected chi connectivity index (χ4v) is 5.26. The quantitative estimate of drug-likeness (QED) is 0.623. The van der Waals surface area contributed by atoms with Gasteiger partial charge in [0.2, 0.25) is 0 Å². The van der Waals surface area contributed by atoms with Crippen LogP contribution in [0.1, 0.15) is 22.6 Å². The standard InChI is InChI=1S/C16H16ClN4O4PS/c17-14-13(11-9-18-21-6-2-1-3-12(11)21)19-15(27-14)16(22)20-7-4-10(5-8-20)26(23,24)25/h1-3,6,9-10H,4-5,7-8H2,(H2,23,24,25). The molecule has 0 radical (unpaired) electrons. The molecule has 27 heavy (non-hydrogen) atoms. The van der Waals surface area contributed by atoms with Gasteiger partial charge in [-0.25, -0.2) is 9.50 Å². The van der Waals surface area contributed by atoms with E-state index in [1.807, 2.05) is 24.4 Å². The second-order valence-corrected chi connectivity index (χ2v) is 9.85. The molecule has 1 fully saturated rings. The van der Waals surface area contributed by atoms with Crippen LogP contribution in [0.15, 0.2) is 30.6 Å². The molecular weight excluding hydrogens is 411 g/mol. The highest BCUT2D eigenvalue weighted by Gasteiger charge is 2.34. The highest BCUT2D eigenvalue weighted by atomic mass is 35.5.